The predicted octanol–water partition coefficient (Wildman–Crippen LogP) is 4.79. The molecule has 0 spiro atoms. The number of carbonyl (C=O) groups is 1. The summed E-state index contributed by atoms with van der Waals surface area (Å²) >= 11 is 8.61. The molecule has 1 amide bonds. The molecule has 2 aromatic rings. The van der Waals surface area contributed by atoms with Gasteiger partial charge < -0.3 is 10.1 Å². The van der Waals surface area contributed by atoms with Crippen LogP contribution in [-0.2, 0) is 10.0 Å². The highest BCUT2D eigenvalue weighted by Gasteiger charge is 2.22. The van der Waals surface area contributed by atoms with Crippen molar-refractivity contribution in [3.05, 3.63) is 52.5 Å². The number of benzene rings is 2. The minimum atomic E-state index is -3.55. The van der Waals surface area contributed by atoms with E-state index in [0.29, 0.717) is 41.2 Å². The van der Waals surface area contributed by atoms with Gasteiger partial charge in [-0.25, -0.2) is 8.42 Å². The summed E-state index contributed by atoms with van der Waals surface area (Å²) in [4.78, 5) is 12.7. The molecule has 0 aromatic heterocycles. The van der Waals surface area contributed by atoms with Crippen molar-refractivity contribution >= 4 is 54.9 Å². The number of nitrogens with zero attached hydrogens (tertiary/aromatic N) is 1. The van der Waals surface area contributed by atoms with Gasteiger partial charge in [0.1, 0.15) is 5.75 Å². The molecule has 0 radical (unpaired) electrons. The van der Waals surface area contributed by atoms with Gasteiger partial charge >= 0.3 is 0 Å². The molecule has 0 saturated heterocycles. The molecule has 2 rings (SSSR count). The molecule has 0 aliphatic carbocycles. The highest BCUT2D eigenvalue weighted by Crippen LogP contribution is 2.26. The summed E-state index contributed by atoms with van der Waals surface area (Å²) < 4.78 is 33.3. The highest BCUT2D eigenvalue weighted by molar-refractivity contribution is 9.10. The summed E-state index contributed by atoms with van der Waals surface area (Å²) in [5.74, 6) is 0.274. The Morgan fingerprint density at radius 2 is 1.69 bits per heavy atom. The Balaban J connectivity index is 2.03. The van der Waals surface area contributed by atoms with Crippen molar-refractivity contribution < 1.29 is 17.9 Å². The van der Waals surface area contributed by atoms with Crippen LogP contribution in [-0.4, -0.2) is 43.4 Å². The van der Waals surface area contributed by atoms with Crippen LogP contribution in [0.25, 0.3) is 0 Å². The Bertz CT molecular complexity index is 1040. The van der Waals surface area contributed by atoms with Crippen molar-refractivity contribution in [2.45, 2.75) is 38.5 Å². The zero-order chi connectivity index (χ0) is 23.7. The van der Waals surface area contributed by atoms with Gasteiger partial charge in [0.25, 0.3) is 5.91 Å². The smallest absolute Gasteiger partial charge is 0.257 e. The molecule has 174 valence electrons. The van der Waals surface area contributed by atoms with Crippen molar-refractivity contribution in [3.8, 4) is 5.75 Å². The number of ether oxygens (including phenoxy) is 1. The normalized spacial score (nSPS) is 11.3. The molecule has 7 nitrogen and oxygen atoms in total. The van der Waals surface area contributed by atoms with Crippen LogP contribution < -0.4 is 15.4 Å². The SMILES string of the molecule is CCCN(CCC)S(=O)(=O)c1ccc(NC(=S)NC(=O)c2ccc(OCC)c(Br)c2)cc1. The van der Waals surface area contributed by atoms with Gasteiger partial charge in [0.15, 0.2) is 5.11 Å². The molecule has 0 atom stereocenters. The molecular formula is C22H28BrN3O4S2. The van der Waals surface area contributed by atoms with Crippen LogP contribution in [0.2, 0.25) is 0 Å². The van der Waals surface area contributed by atoms with E-state index in [1.165, 1.54) is 16.4 Å². The maximum Gasteiger partial charge on any atom is 0.257 e. The molecule has 0 fully saturated rings. The van der Waals surface area contributed by atoms with Crippen molar-refractivity contribution in [1.82, 2.24) is 9.62 Å². The van der Waals surface area contributed by atoms with E-state index in [2.05, 4.69) is 26.6 Å². The number of nitrogens with one attached hydrogen (secondary N) is 2. The standard InChI is InChI=1S/C22H28BrN3O4S2/c1-4-13-26(14-5-2)32(28,29)18-10-8-17(9-11-18)24-22(31)25-21(27)16-7-12-20(30-6-3)19(23)15-16/h7-12,15H,4-6,13-14H2,1-3H3,(H2,24,25,27,31). The van der Waals surface area contributed by atoms with Gasteiger partial charge in [0, 0.05) is 24.3 Å². The second kappa shape index (κ2) is 12.3. The van der Waals surface area contributed by atoms with Crippen molar-refractivity contribution in [2.75, 3.05) is 25.0 Å². The zero-order valence-corrected chi connectivity index (χ0v) is 21.6. The molecule has 0 aliphatic heterocycles. The maximum atomic E-state index is 12.9. The molecule has 0 aliphatic rings. The van der Waals surface area contributed by atoms with Crippen LogP contribution in [0.3, 0.4) is 0 Å². The zero-order valence-electron chi connectivity index (χ0n) is 18.4. The van der Waals surface area contributed by atoms with Crippen LogP contribution in [0.4, 0.5) is 5.69 Å². The van der Waals surface area contributed by atoms with E-state index in [9.17, 15) is 13.2 Å². The van der Waals surface area contributed by atoms with Crippen LogP contribution in [0, 0.1) is 0 Å². The molecule has 0 unspecified atom stereocenters. The number of sulfonamides is 1. The van der Waals surface area contributed by atoms with E-state index in [-0.39, 0.29) is 15.9 Å². The molecule has 2 aromatic carbocycles. The summed E-state index contributed by atoms with van der Waals surface area (Å²) in [6.07, 6.45) is 1.50. The number of halogens is 1. The third kappa shape index (κ3) is 6.99. The van der Waals surface area contributed by atoms with E-state index >= 15 is 0 Å². The van der Waals surface area contributed by atoms with Gasteiger partial charge in [-0.2, -0.15) is 4.31 Å². The average Bonchev–Trinajstić information content (AvgIpc) is 2.75. The van der Waals surface area contributed by atoms with Gasteiger partial charge in [-0.15, -0.1) is 0 Å². The van der Waals surface area contributed by atoms with Crippen LogP contribution >= 0.6 is 28.1 Å². The minimum Gasteiger partial charge on any atom is -0.493 e. The first kappa shape index (κ1) is 26.2. The first-order chi connectivity index (χ1) is 15.2. The Morgan fingerprint density at radius 1 is 1.06 bits per heavy atom. The van der Waals surface area contributed by atoms with Crippen molar-refractivity contribution in [3.63, 3.8) is 0 Å². The maximum absolute atomic E-state index is 12.9. The number of thiocarbonyl (C=S) groups is 1. The lowest BCUT2D eigenvalue weighted by Gasteiger charge is -2.21. The molecule has 0 bridgehead atoms. The highest BCUT2D eigenvalue weighted by atomic mass is 79.9. The lowest BCUT2D eigenvalue weighted by atomic mass is 10.2. The molecule has 32 heavy (non-hydrogen) atoms. The summed E-state index contributed by atoms with van der Waals surface area (Å²) in [7, 11) is -3.55. The summed E-state index contributed by atoms with van der Waals surface area (Å²) in [5, 5.41) is 5.62. The van der Waals surface area contributed by atoms with Gasteiger partial charge in [0.05, 0.1) is 16.0 Å². The molecule has 2 N–H and O–H groups in total. The number of rotatable bonds is 10. The fourth-order valence-electron chi connectivity index (χ4n) is 2.96. The first-order valence-electron chi connectivity index (χ1n) is 10.4. The molecular weight excluding hydrogens is 514 g/mol. The quantitative estimate of drug-likeness (QED) is 0.420. The van der Waals surface area contributed by atoms with Crippen LogP contribution in [0.1, 0.15) is 44.0 Å². The second-order valence-electron chi connectivity index (χ2n) is 6.91. The number of anilines is 1. The van der Waals surface area contributed by atoms with Crippen LogP contribution in [0.15, 0.2) is 51.8 Å². The Kier molecular flexibility index (Phi) is 10.1. The average molecular weight is 543 g/mol. The van der Waals surface area contributed by atoms with Gasteiger partial charge in [-0.1, -0.05) is 13.8 Å². The van der Waals surface area contributed by atoms with E-state index in [4.69, 9.17) is 17.0 Å². The van der Waals surface area contributed by atoms with E-state index < -0.39 is 10.0 Å². The van der Waals surface area contributed by atoms with E-state index in [0.717, 1.165) is 12.8 Å². The van der Waals surface area contributed by atoms with Gasteiger partial charge in [-0.3, -0.25) is 10.1 Å². The fourth-order valence-corrected chi connectivity index (χ4v) is 5.29. The number of hydrogen-bond donors (Lipinski definition) is 2. The first-order valence-corrected chi connectivity index (χ1v) is 13.0. The van der Waals surface area contributed by atoms with E-state index in [1.54, 1.807) is 30.3 Å². The Hall–Kier alpha value is -2.01. The summed E-state index contributed by atoms with van der Waals surface area (Å²) in [5.41, 5.74) is 0.984. The lowest BCUT2D eigenvalue weighted by Crippen LogP contribution is -2.34. The van der Waals surface area contributed by atoms with Gasteiger partial charge in [0.2, 0.25) is 10.0 Å². The van der Waals surface area contributed by atoms with E-state index in [1.807, 2.05) is 20.8 Å². The molecule has 0 saturated carbocycles. The minimum absolute atomic E-state index is 0.106. The van der Waals surface area contributed by atoms with Gasteiger partial charge in [-0.05, 0) is 90.4 Å². The number of hydrogen-bond acceptors (Lipinski definition) is 5. The van der Waals surface area contributed by atoms with Crippen molar-refractivity contribution in [2.24, 2.45) is 0 Å². The number of amides is 1. The fraction of sp³-hybridized carbons (Fsp3) is 0.364. The second-order valence-corrected chi connectivity index (χ2v) is 10.1. The molecule has 10 heteroatoms. The Morgan fingerprint density at radius 3 is 2.22 bits per heavy atom. The monoisotopic (exact) mass is 541 g/mol. The number of carbonyl (C=O) groups excluding carboxylic acids is 1. The summed E-state index contributed by atoms with van der Waals surface area (Å²) in [6, 6.07) is 11.3. The summed E-state index contributed by atoms with van der Waals surface area (Å²) in [6.45, 7) is 7.26. The lowest BCUT2D eigenvalue weighted by molar-refractivity contribution is 0.0977. The predicted molar refractivity (Wildman–Crippen MR) is 135 cm³/mol. The largest absolute Gasteiger partial charge is 0.493 e. The Labute approximate surface area is 203 Å². The topological polar surface area (TPSA) is 87.7 Å². The third-order valence-corrected chi connectivity index (χ3v) is 7.15. The van der Waals surface area contributed by atoms with Crippen LogP contribution in [0.5, 0.6) is 5.75 Å². The third-order valence-electron chi connectivity index (χ3n) is 4.42. The molecule has 0 heterocycles. The van der Waals surface area contributed by atoms with Crippen molar-refractivity contribution in [1.29, 1.82) is 0 Å².